The number of rotatable bonds is 9. The zero-order valence-corrected chi connectivity index (χ0v) is 26.4. The standard InChI is InChI=1S/C31H31ClFNO10S/c1-15(35)40-14-26-29(41-16(2)36)31(43-18(4)38)30(42-17(3)37)28(44-26)20-5-8-23(32)21(11-20)12-22-7-10-27(45-22)19-6-9-25(34-39)24(33)13-19/h5-8,10-11,13,26,28-31,39H,9,12,14H2,1-4H3/t26-,28+,29-,30+,31+/m1/s1. The molecule has 1 aliphatic carbocycles. The fraction of sp³-hybridized carbons (Fsp3) is 0.387. The fourth-order valence-electron chi connectivity index (χ4n) is 5.06. The van der Waals surface area contributed by atoms with Crippen LogP contribution in [0.5, 0.6) is 0 Å². The van der Waals surface area contributed by atoms with Crippen molar-refractivity contribution in [1.82, 2.24) is 0 Å². The quantitative estimate of drug-likeness (QED) is 0.163. The average molecular weight is 664 g/mol. The van der Waals surface area contributed by atoms with Gasteiger partial charge in [-0.1, -0.05) is 35.0 Å². The summed E-state index contributed by atoms with van der Waals surface area (Å²) in [5, 5.41) is 12.3. The first kappa shape index (κ1) is 33.8. The second-order valence-electron chi connectivity index (χ2n) is 10.3. The Labute approximate surface area is 267 Å². The molecule has 0 spiro atoms. The average Bonchev–Trinajstić information content (AvgIpc) is 3.43. The van der Waals surface area contributed by atoms with Gasteiger partial charge in [-0.15, -0.1) is 11.3 Å². The van der Waals surface area contributed by atoms with Crippen molar-refractivity contribution in [3.8, 4) is 0 Å². The van der Waals surface area contributed by atoms with Gasteiger partial charge in [0.1, 0.15) is 30.4 Å². The first-order valence-corrected chi connectivity index (χ1v) is 15.0. The number of nitrogens with zero attached hydrogens (tertiary/aromatic N) is 1. The number of esters is 4. The van der Waals surface area contributed by atoms with Gasteiger partial charge in [0, 0.05) is 55.3 Å². The summed E-state index contributed by atoms with van der Waals surface area (Å²) >= 11 is 8.02. The van der Waals surface area contributed by atoms with Crippen molar-refractivity contribution in [2.24, 2.45) is 5.16 Å². The smallest absolute Gasteiger partial charge is 0.303 e. The molecule has 240 valence electrons. The number of ether oxygens (including phenoxy) is 5. The van der Waals surface area contributed by atoms with Gasteiger partial charge in [0.15, 0.2) is 18.3 Å². The van der Waals surface area contributed by atoms with Crippen molar-refractivity contribution in [1.29, 1.82) is 0 Å². The molecule has 11 nitrogen and oxygen atoms in total. The van der Waals surface area contributed by atoms with E-state index in [2.05, 4.69) is 5.16 Å². The van der Waals surface area contributed by atoms with Crippen molar-refractivity contribution in [3.63, 3.8) is 0 Å². The third-order valence-corrected chi connectivity index (χ3v) is 8.40. The molecule has 4 rings (SSSR count). The van der Waals surface area contributed by atoms with Crippen LogP contribution in [0, 0.1) is 0 Å². The van der Waals surface area contributed by atoms with E-state index in [1.54, 1.807) is 24.3 Å². The molecule has 1 N–H and O–H groups in total. The van der Waals surface area contributed by atoms with E-state index in [-0.39, 0.29) is 18.7 Å². The van der Waals surface area contributed by atoms with Gasteiger partial charge < -0.3 is 28.9 Å². The Hall–Kier alpha value is -4.07. The van der Waals surface area contributed by atoms with Gasteiger partial charge in [0.25, 0.3) is 0 Å². The highest BCUT2D eigenvalue weighted by Gasteiger charge is 2.52. The zero-order valence-electron chi connectivity index (χ0n) is 24.8. The molecule has 0 radical (unpaired) electrons. The van der Waals surface area contributed by atoms with Crippen molar-refractivity contribution < 1.29 is 52.5 Å². The predicted octanol–water partition coefficient (Wildman–Crippen LogP) is 5.26. The van der Waals surface area contributed by atoms with E-state index >= 15 is 0 Å². The van der Waals surface area contributed by atoms with E-state index in [9.17, 15) is 23.6 Å². The number of carbonyl (C=O) groups is 4. The van der Waals surface area contributed by atoms with Gasteiger partial charge in [0.2, 0.25) is 0 Å². The van der Waals surface area contributed by atoms with Crippen LogP contribution in [0.2, 0.25) is 5.02 Å². The van der Waals surface area contributed by atoms with Crippen LogP contribution in [-0.4, -0.2) is 65.8 Å². The molecule has 1 aromatic heterocycles. The van der Waals surface area contributed by atoms with Gasteiger partial charge in [-0.2, -0.15) is 0 Å². The minimum atomic E-state index is -1.30. The molecule has 1 fully saturated rings. The maximum atomic E-state index is 14.2. The highest BCUT2D eigenvalue weighted by molar-refractivity contribution is 7.13. The van der Waals surface area contributed by atoms with Gasteiger partial charge in [-0.25, -0.2) is 4.39 Å². The summed E-state index contributed by atoms with van der Waals surface area (Å²) in [7, 11) is 0. The minimum Gasteiger partial charge on any atom is -0.463 e. The van der Waals surface area contributed by atoms with Crippen molar-refractivity contribution in [2.75, 3.05) is 6.61 Å². The number of hydrogen-bond acceptors (Lipinski definition) is 12. The highest BCUT2D eigenvalue weighted by Crippen LogP contribution is 2.39. The molecular weight excluding hydrogens is 633 g/mol. The number of thiophene rings is 1. The number of allylic oxidation sites excluding steroid dienone is 4. The third kappa shape index (κ3) is 8.56. The molecule has 45 heavy (non-hydrogen) atoms. The predicted molar refractivity (Wildman–Crippen MR) is 160 cm³/mol. The van der Waals surface area contributed by atoms with Crippen LogP contribution in [0.1, 0.15) is 61.1 Å². The first-order valence-electron chi connectivity index (χ1n) is 13.8. The van der Waals surface area contributed by atoms with Crippen LogP contribution in [0.4, 0.5) is 4.39 Å². The SMILES string of the molecule is CC(=O)OC[C@H]1O[C@@H](c2ccc(Cl)c(Cc3ccc(C4=CCC(=NO)C(F)=C4)s3)c2)[C@H](OC(C)=O)[C@@H](OC(C)=O)[C@@H]1OC(C)=O. The molecule has 14 heteroatoms. The third-order valence-electron chi connectivity index (χ3n) is 6.89. The maximum Gasteiger partial charge on any atom is 0.303 e. The molecule has 1 aromatic carbocycles. The van der Waals surface area contributed by atoms with E-state index in [0.717, 1.165) is 23.6 Å². The molecular formula is C31H31ClFNO10S. The number of halogens is 2. The summed E-state index contributed by atoms with van der Waals surface area (Å²) in [6.45, 7) is 4.34. The summed E-state index contributed by atoms with van der Waals surface area (Å²) in [5.74, 6) is -3.37. The monoisotopic (exact) mass is 663 g/mol. The lowest BCUT2D eigenvalue weighted by atomic mass is 9.89. The van der Waals surface area contributed by atoms with Crippen LogP contribution in [0.15, 0.2) is 53.5 Å². The van der Waals surface area contributed by atoms with Crippen LogP contribution in [-0.2, 0) is 49.3 Å². The van der Waals surface area contributed by atoms with E-state index in [4.69, 9.17) is 40.5 Å². The van der Waals surface area contributed by atoms with Gasteiger partial charge in [-0.05, 0) is 41.0 Å². The number of hydrogen-bond donors (Lipinski definition) is 1. The van der Waals surface area contributed by atoms with Crippen molar-refractivity contribution >= 4 is 58.1 Å². The summed E-state index contributed by atoms with van der Waals surface area (Å²) in [6.07, 6.45) is -2.35. The molecule has 2 heterocycles. The minimum absolute atomic E-state index is 0.0404. The Morgan fingerprint density at radius 1 is 0.978 bits per heavy atom. The first-order chi connectivity index (χ1) is 21.4. The molecule has 0 amide bonds. The van der Waals surface area contributed by atoms with Crippen LogP contribution >= 0.6 is 22.9 Å². The molecule has 2 aromatic rings. The van der Waals surface area contributed by atoms with Crippen molar-refractivity contribution in [2.45, 2.75) is 71.1 Å². The van der Waals surface area contributed by atoms with Crippen LogP contribution in [0.25, 0.3) is 5.57 Å². The zero-order chi connectivity index (χ0) is 32.8. The number of oxime groups is 1. The Bertz CT molecular complexity index is 1570. The van der Waals surface area contributed by atoms with E-state index in [1.165, 1.54) is 31.3 Å². The Balaban J connectivity index is 1.68. The van der Waals surface area contributed by atoms with Gasteiger partial charge in [-0.3, -0.25) is 19.2 Å². The molecule has 5 atom stereocenters. The number of carbonyl (C=O) groups excluding carboxylic acids is 4. The summed E-state index contributed by atoms with van der Waals surface area (Å²) < 4.78 is 42.3. The Morgan fingerprint density at radius 2 is 1.64 bits per heavy atom. The molecule has 0 saturated carbocycles. The topological polar surface area (TPSA) is 147 Å². The van der Waals surface area contributed by atoms with E-state index < -0.39 is 60.2 Å². The Kier molecular flexibility index (Phi) is 11.1. The summed E-state index contributed by atoms with van der Waals surface area (Å²) in [4.78, 5) is 49.8. The molecule has 2 aliphatic rings. The number of benzene rings is 1. The second kappa shape index (κ2) is 14.8. The lowest BCUT2D eigenvalue weighted by Crippen LogP contribution is -2.59. The fourth-order valence-corrected chi connectivity index (χ4v) is 6.29. The Morgan fingerprint density at radius 3 is 2.27 bits per heavy atom. The summed E-state index contributed by atoms with van der Waals surface area (Å²) in [5.41, 5.74) is 1.80. The maximum absolute atomic E-state index is 14.2. The van der Waals surface area contributed by atoms with Crippen LogP contribution in [0.3, 0.4) is 0 Å². The largest absolute Gasteiger partial charge is 0.463 e. The van der Waals surface area contributed by atoms with E-state index in [1.807, 2.05) is 12.1 Å². The molecule has 1 aliphatic heterocycles. The lowest BCUT2D eigenvalue weighted by Gasteiger charge is -2.44. The molecule has 0 unspecified atom stereocenters. The highest BCUT2D eigenvalue weighted by atomic mass is 35.5. The lowest BCUT2D eigenvalue weighted by molar-refractivity contribution is -0.254. The van der Waals surface area contributed by atoms with Crippen molar-refractivity contribution in [3.05, 3.63) is 74.2 Å². The van der Waals surface area contributed by atoms with Crippen LogP contribution < -0.4 is 0 Å². The molecule has 1 saturated heterocycles. The normalized spacial score (nSPS) is 23.9. The van der Waals surface area contributed by atoms with E-state index in [0.29, 0.717) is 28.1 Å². The van der Waals surface area contributed by atoms with Gasteiger partial charge in [0.05, 0.1) is 0 Å². The summed E-state index contributed by atoms with van der Waals surface area (Å²) in [6, 6.07) is 8.81. The molecule has 0 bridgehead atoms. The second-order valence-corrected chi connectivity index (χ2v) is 11.9. The van der Waals surface area contributed by atoms with Gasteiger partial charge >= 0.3 is 23.9 Å².